The molecule has 9 heteroatoms. The number of aromatic nitrogens is 2. The van der Waals surface area contributed by atoms with Gasteiger partial charge in [0, 0.05) is 12.7 Å². The second kappa shape index (κ2) is 7.33. The summed E-state index contributed by atoms with van der Waals surface area (Å²) in [5, 5.41) is 0. The fraction of sp³-hybridized carbons (Fsp3) is 0.400. The van der Waals surface area contributed by atoms with Crippen molar-refractivity contribution in [2.24, 2.45) is 5.73 Å². The topological polar surface area (TPSA) is 85.3 Å². The number of nitrogens with zero attached hydrogens (tertiary/aromatic N) is 3. The summed E-state index contributed by atoms with van der Waals surface area (Å²) in [6.07, 6.45) is -0.924. The number of primary amides is 1. The first-order valence-corrected chi connectivity index (χ1v) is 7.34. The minimum Gasteiger partial charge on any atom is -0.467 e. The number of carbonyl (C=O) groups excluding carboxylic acids is 1. The lowest BCUT2D eigenvalue weighted by Crippen LogP contribution is -2.28. The lowest BCUT2D eigenvalue weighted by atomic mass is 10.2. The molecule has 0 aliphatic rings. The molecule has 2 aromatic rings. The van der Waals surface area contributed by atoms with Crippen LogP contribution in [0.15, 0.2) is 29.0 Å². The van der Waals surface area contributed by atoms with Crippen LogP contribution >= 0.6 is 0 Å². The molecular weight excluding hydrogens is 325 g/mol. The lowest BCUT2D eigenvalue weighted by Gasteiger charge is -2.22. The van der Waals surface area contributed by atoms with E-state index in [1.165, 1.54) is 6.26 Å². The number of amides is 1. The van der Waals surface area contributed by atoms with Crippen molar-refractivity contribution in [3.63, 3.8) is 0 Å². The van der Waals surface area contributed by atoms with E-state index in [1.54, 1.807) is 17.0 Å². The van der Waals surface area contributed by atoms with Crippen molar-refractivity contribution in [1.82, 2.24) is 9.97 Å². The van der Waals surface area contributed by atoms with Crippen molar-refractivity contribution in [3.05, 3.63) is 41.6 Å². The summed E-state index contributed by atoms with van der Waals surface area (Å²) in [5.41, 5.74) is 2.90. The Morgan fingerprint density at radius 2 is 2.17 bits per heavy atom. The molecule has 2 aromatic heterocycles. The standard InChI is InChI=1S/C15H17F3N4O2/c1-2-3-6-22(9-10-5-4-7-24-10)14-20-8-11(13(19)23)12(21-14)15(16,17)18/h4-5,7-8H,2-3,6,9H2,1H3,(H2,19,23). The highest BCUT2D eigenvalue weighted by molar-refractivity contribution is 5.93. The summed E-state index contributed by atoms with van der Waals surface area (Å²) in [6.45, 7) is 2.63. The van der Waals surface area contributed by atoms with E-state index in [4.69, 9.17) is 10.2 Å². The van der Waals surface area contributed by atoms with Gasteiger partial charge in [-0.3, -0.25) is 4.79 Å². The molecule has 2 rings (SSSR count). The van der Waals surface area contributed by atoms with Crippen LogP contribution in [0.25, 0.3) is 0 Å². The molecule has 24 heavy (non-hydrogen) atoms. The first-order valence-electron chi connectivity index (χ1n) is 7.34. The van der Waals surface area contributed by atoms with E-state index >= 15 is 0 Å². The second-order valence-corrected chi connectivity index (χ2v) is 5.15. The third-order valence-corrected chi connectivity index (χ3v) is 3.30. The van der Waals surface area contributed by atoms with Gasteiger partial charge in [-0.1, -0.05) is 13.3 Å². The zero-order valence-electron chi connectivity index (χ0n) is 13.0. The van der Waals surface area contributed by atoms with Crippen LogP contribution in [0.5, 0.6) is 0 Å². The van der Waals surface area contributed by atoms with Crippen LogP contribution in [0.3, 0.4) is 0 Å². The molecule has 0 saturated carbocycles. The predicted octanol–water partition coefficient (Wildman–Crippen LogP) is 2.99. The molecule has 0 atom stereocenters. The fourth-order valence-corrected chi connectivity index (χ4v) is 2.11. The van der Waals surface area contributed by atoms with E-state index in [1.807, 2.05) is 6.92 Å². The van der Waals surface area contributed by atoms with Gasteiger partial charge < -0.3 is 15.1 Å². The Morgan fingerprint density at radius 3 is 2.71 bits per heavy atom. The van der Waals surface area contributed by atoms with Crippen molar-refractivity contribution >= 4 is 11.9 Å². The maximum atomic E-state index is 13.1. The molecule has 0 saturated heterocycles. The largest absolute Gasteiger partial charge is 0.467 e. The molecule has 130 valence electrons. The average molecular weight is 342 g/mol. The van der Waals surface area contributed by atoms with Gasteiger partial charge in [0.05, 0.1) is 18.4 Å². The summed E-state index contributed by atoms with van der Waals surface area (Å²) in [6, 6.07) is 3.40. The Morgan fingerprint density at radius 1 is 1.42 bits per heavy atom. The average Bonchev–Trinajstić information content (AvgIpc) is 3.03. The number of nitrogens with two attached hydrogens (primary N) is 1. The van der Waals surface area contributed by atoms with Crippen LogP contribution in [-0.2, 0) is 12.7 Å². The smallest absolute Gasteiger partial charge is 0.434 e. The molecule has 1 amide bonds. The van der Waals surface area contributed by atoms with Gasteiger partial charge in [0.2, 0.25) is 5.95 Å². The first kappa shape index (κ1) is 17.8. The summed E-state index contributed by atoms with van der Waals surface area (Å²) < 4.78 is 44.7. The summed E-state index contributed by atoms with van der Waals surface area (Å²) in [7, 11) is 0. The van der Waals surface area contributed by atoms with Crippen molar-refractivity contribution in [3.8, 4) is 0 Å². The maximum absolute atomic E-state index is 13.1. The molecule has 0 spiro atoms. The number of hydrogen-bond donors (Lipinski definition) is 1. The Balaban J connectivity index is 2.39. The van der Waals surface area contributed by atoms with Gasteiger partial charge in [0.15, 0.2) is 5.69 Å². The number of carbonyl (C=O) groups is 1. The summed E-state index contributed by atoms with van der Waals surface area (Å²) in [5.74, 6) is -0.778. The highest BCUT2D eigenvalue weighted by Crippen LogP contribution is 2.31. The van der Waals surface area contributed by atoms with Gasteiger partial charge in [-0.2, -0.15) is 13.2 Å². The maximum Gasteiger partial charge on any atom is 0.434 e. The van der Waals surface area contributed by atoms with Crippen LogP contribution in [0.2, 0.25) is 0 Å². The van der Waals surface area contributed by atoms with E-state index in [9.17, 15) is 18.0 Å². The fourth-order valence-electron chi connectivity index (χ4n) is 2.11. The van der Waals surface area contributed by atoms with Crippen LogP contribution in [-0.4, -0.2) is 22.4 Å². The Hall–Kier alpha value is -2.58. The van der Waals surface area contributed by atoms with Gasteiger partial charge in [-0.25, -0.2) is 9.97 Å². The lowest BCUT2D eigenvalue weighted by molar-refractivity contribution is -0.141. The molecule has 0 radical (unpaired) electrons. The van der Waals surface area contributed by atoms with Crippen LogP contribution in [0.4, 0.5) is 19.1 Å². The number of rotatable bonds is 7. The SMILES string of the molecule is CCCCN(Cc1ccco1)c1ncc(C(N)=O)c(C(F)(F)F)n1. The molecule has 0 unspecified atom stereocenters. The van der Waals surface area contributed by atoms with Crippen LogP contribution in [0, 0.1) is 0 Å². The molecule has 0 bridgehead atoms. The van der Waals surface area contributed by atoms with Crippen LogP contribution in [0.1, 0.15) is 41.6 Å². The van der Waals surface area contributed by atoms with Crippen molar-refractivity contribution in [2.45, 2.75) is 32.5 Å². The summed E-state index contributed by atoms with van der Waals surface area (Å²) >= 11 is 0. The van der Waals surface area contributed by atoms with Gasteiger partial charge in [0.1, 0.15) is 5.76 Å². The Labute approximate surface area is 136 Å². The number of furan rings is 1. The van der Waals surface area contributed by atoms with E-state index in [2.05, 4.69) is 9.97 Å². The van der Waals surface area contributed by atoms with Gasteiger partial charge in [-0.05, 0) is 18.6 Å². The van der Waals surface area contributed by atoms with Crippen molar-refractivity contribution < 1.29 is 22.4 Å². The van der Waals surface area contributed by atoms with E-state index in [0.717, 1.165) is 19.0 Å². The number of hydrogen-bond acceptors (Lipinski definition) is 5. The monoisotopic (exact) mass is 342 g/mol. The molecule has 0 aliphatic carbocycles. The number of halogens is 3. The quantitative estimate of drug-likeness (QED) is 0.836. The third kappa shape index (κ3) is 4.24. The second-order valence-electron chi connectivity index (χ2n) is 5.15. The van der Waals surface area contributed by atoms with E-state index in [-0.39, 0.29) is 12.5 Å². The molecule has 0 fully saturated rings. The third-order valence-electron chi connectivity index (χ3n) is 3.30. The predicted molar refractivity (Wildman–Crippen MR) is 80.2 cm³/mol. The van der Waals surface area contributed by atoms with Crippen molar-refractivity contribution in [2.75, 3.05) is 11.4 Å². The minimum absolute atomic E-state index is 0.128. The van der Waals surface area contributed by atoms with E-state index < -0.39 is 23.3 Å². The van der Waals surface area contributed by atoms with Crippen LogP contribution < -0.4 is 10.6 Å². The van der Waals surface area contributed by atoms with Gasteiger partial charge >= 0.3 is 6.18 Å². The molecule has 0 aromatic carbocycles. The number of anilines is 1. The van der Waals surface area contributed by atoms with E-state index in [0.29, 0.717) is 12.3 Å². The van der Waals surface area contributed by atoms with Crippen molar-refractivity contribution in [1.29, 1.82) is 0 Å². The molecule has 6 nitrogen and oxygen atoms in total. The Bertz CT molecular complexity index is 687. The highest BCUT2D eigenvalue weighted by atomic mass is 19.4. The minimum atomic E-state index is -4.80. The number of unbranched alkanes of at least 4 members (excludes halogenated alkanes) is 1. The summed E-state index contributed by atoms with van der Waals surface area (Å²) in [4.78, 5) is 20.2. The number of alkyl halides is 3. The Kier molecular flexibility index (Phi) is 5.42. The molecule has 2 heterocycles. The first-order chi connectivity index (χ1) is 11.3. The molecule has 0 aliphatic heterocycles. The zero-order valence-corrected chi connectivity index (χ0v) is 13.0. The highest BCUT2D eigenvalue weighted by Gasteiger charge is 2.38. The normalized spacial score (nSPS) is 11.5. The van der Waals surface area contributed by atoms with Gasteiger partial charge in [0.25, 0.3) is 5.91 Å². The molecule has 2 N–H and O–H groups in total. The zero-order chi connectivity index (χ0) is 17.7. The van der Waals surface area contributed by atoms with Gasteiger partial charge in [-0.15, -0.1) is 0 Å². The molecular formula is C15H17F3N4O2.